The highest BCUT2D eigenvalue weighted by Gasteiger charge is 2.27. The Labute approximate surface area is 186 Å². The molecule has 2 aromatic rings. The molecule has 0 radical (unpaired) electrons. The van der Waals surface area contributed by atoms with Crippen LogP contribution in [0.25, 0.3) is 0 Å². The van der Waals surface area contributed by atoms with Crippen LogP contribution in [0, 0.1) is 12.8 Å². The van der Waals surface area contributed by atoms with Crippen molar-refractivity contribution in [3.63, 3.8) is 0 Å². The Hall–Kier alpha value is -2.60. The zero-order valence-corrected chi connectivity index (χ0v) is 19.2. The normalized spacial score (nSPS) is 19.3. The monoisotopic (exact) mass is 424 g/mol. The van der Waals surface area contributed by atoms with Crippen LogP contribution >= 0.6 is 0 Å². The highest BCUT2D eigenvalue weighted by atomic mass is 16.5. The van der Waals surface area contributed by atoms with Crippen molar-refractivity contribution in [2.45, 2.75) is 59.3 Å². The lowest BCUT2D eigenvalue weighted by atomic mass is 9.89. The molecule has 1 aliphatic heterocycles. The standard InChI is InChI=1S/C25H36N4O2/c1-5-26-25(28-16-20-10-13-23(27-15-20)31-18(2)3)29-17-22-7-6-14-30-24(22)21-11-8-19(4)9-12-21/h8-13,15,18,22,24H,5-7,14,16-17H2,1-4H3,(H2,26,28,29). The fourth-order valence-corrected chi connectivity index (χ4v) is 3.73. The number of benzene rings is 1. The van der Waals surface area contributed by atoms with E-state index in [1.54, 1.807) is 0 Å². The van der Waals surface area contributed by atoms with Gasteiger partial charge in [-0.3, -0.25) is 0 Å². The molecule has 1 aromatic carbocycles. The van der Waals surface area contributed by atoms with Gasteiger partial charge in [0.05, 0.1) is 18.8 Å². The molecule has 31 heavy (non-hydrogen) atoms. The lowest BCUT2D eigenvalue weighted by Gasteiger charge is -2.32. The van der Waals surface area contributed by atoms with Gasteiger partial charge in [0.1, 0.15) is 0 Å². The number of rotatable bonds is 8. The van der Waals surface area contributed by atoms with E-state index in [0.717, 1.165) is 44.1 Å². The van der Waals surface area contributed by atoms with Crippen LogP contribution in [0.3, 0.4) is 0 Å². The molecule has 2 heterocycles. The van der Waals surface area contributed by atoms with Gasteiger partial charge in [0.25, 0.3) is 0 Å². The first-order valence-electron chi connectivity index (χ1n) is 11.4. The first-order valence-corrected chi connectivity index (χ1v) is 11.4. The van der Waals surface area contributed by atoms with Crippen molar-refractivity contribution in [2.24, 2.45) is 10.9 Å². The fourth-order valence-electron chi connectivity index (χ4n) is 3.73. The molecule has 0 saturated carbocycles. The molecule has 0 bridgehead atoms. The molecule has 6 nitrogen and oxygen atoms in total. The Morgan fingerprint density at radius 2 is 2.00 bits per heavy atom. The zero-order chi connectivity index (χ0) is 22.1. The predicted octanol–water partition coefficient (Wildman–Crippen LogP) is 4.40. The van der Waals surface area contributed by atoms with Crippen LogP contribution < -0.4 is 15.4 Å². The van der Waals surface area contributed by atoms with Gasteiger partial charge in [0.15, 0.2) is 5.96 Å². The van der Waals surface area contributed by atoms with Crippen molar-refractivity contribution in [1.82, 2.24) is 15.6 Å². The van der Waals surface area contributed by atoms with E-state index in [1.165, 1.54) is 11.1 Å². The number of hydrogen-bond donors (Lipinski definition) is 2. The largest absolute Gasteiger partial charge is 0.475 e. The minimum Gasteiger partial charge on any atom is -0.475 e. The number of pyridine rings is 1. The highest BCUT2D eigenvalue weighted by molar-refractivity contribution is 5.79. The summed E-state index contributed by atoms with van der Waals surface area (Å²) in [5.74, 6) is 1.87. The zero-order valence-electron chi connectivity index (χ0n) is 19.2. The Kier molecular flexibility index (Phi) is 8.71. The quantitative estimate of drug-likeness (QED) is 0.486. The number of aromatic nitrogens is 1. The summed E-state index contributed by atoms with van der Waals surface area (Å²) in [6, 6.07) is 12.6. The van der Waals surface area contributed by atoms with Crippen LogP contribution in [-0.2, 0) is 11.3 Å². The lowest BCUT2D eigenvalue weighted by molar-refractivity contribution is -0.0265. The molecule has 0 aliphatic carbocycles. The number of ether oxygens (including phenoxy) is 2. The summed E-state index contributed by atoms with van der Waals surface area (Å²) in [5.41, 5.74) is 3.58. The molecule has 2 N–H and O–H groups in total. The highest BCUT2D eigenvalue weighted by Crippen LogP contribution is 2.33. The van der Waals surface area contributed by atoms with Crippen LogP contribution in [0.4, 0.5) is 0 Å². The Balaban J connectivity index is 1.60. The number of aliphatic imine (C=N–C) groups is 1. The van der Waals surface area contributed by atoms with Gasteiger partial charge in [-0.2, -0.15) is 0 Å². The summed E-state index contributed by atoms with van der Waals surface area (Å²) in [6.07, 6.45) is 4.31. The molecule has 0 spiro atoms. The van der Waals surface area contributed by atoms with Gasteiger partial charge in [0, 0.05) is 37.9 Å². The molecule has 2 atom stereocenters. The first kappa shape index (κ1) is 23.1. The van der Waals surface area contributed by atoms with Gasteiger partial charge in [-0.1, -0.05) is 35.9 Å². The third kappa shape index (κ3) is 7.24. The molecule has 3 rings (SSSR count). The number of guanidine groups is 1. The topological polar surface area (TPSA) is 67.8 Å². The second-order valence-electron chi connectivity index (χ2n) is 8.35. The van der Waals surface area contributed by atoms with E-state index in [1.807, 2.05) is 32.2 Å². The molecule has 0 amide bonds. The average Bonchev–Trinajstić information content (AvgIpc) is 2.77. The van der Waals surface area contributed by atoms with E-state index in [2.05, 4.69) is 53.7 Å². The van der Waals surface area contributed by atoms with Crippen LogP contribution in [0.15, 0.2) is 47.6 Å². The summed E-state index contributed by atoms with van der Waals surface area (Å²) < 4.78 is 11.8. The summed E-state index contributed by atoms with van der Waals surface area (Å²) in [6.45, 7) is 11.2. The maximum Gasteiger partial charge on any atom is 0.213 e. The third-order valence-electron chi connectivity index (χ3n) is 5.30. The van der Waals surface area contributed by atoms with Gasteiger partial charge in [0.2, 0.25) is 5.88 Å². The maximum atomic E-state index is 6.16. The average molecular weight is 425 g/mol. The van der Waals surface area contributed by atoms with Crippen LogP contribution in [0.1, 0.15) is 56.4 Å². The molecule has 1 fully saturated rings. The lowest BCUT2D eigenvalue weighted by Crippen LogP contribution is -2.42. The van der Waals surface area contributed by atoms with E-state index >= 15 is 0 Å². The molecule has 2 unspecified atom stereocenters. The van der Waals surface area contributed by atoms with Gasteiger partial charge in [-0.25, -0.2) is 9.98 Å². The predicted molar refractivity (Wildman–Crippen MR) is 125 cm³/mol. The van der Waals surface area contributed by atoms with E-state index in [-0.39, 0.29) is 12.2 Å². The van der Waals surface area contributed by atoms with Crippen molar-refractivity contribution in [3.8, 4) is 5.88 Å². The molecule has 1 aromatic heterocycles. The minimum absolute atomic E-state index is 0.119. The number of nitrogens with one attached hydrogen (secondary N) is 2. The van der Waals surface area contributed by atoms with E-state index in [4.69, 9.17) is 14.5 Å². The second kappa shape index (κ2) is 11.7. The summed E-state index contributed by atoms with van der Waals surface area (Å²) in [5, 5.41) is 6.87. The maximum absolute atomic E-state index is 6.16. The number of hydrogen-bond acceptors (Lipinski definition) is 4. The van der Waals surface area contributed by atoms with Gasteiger partial charge >= 0.3 is 0 Å². The van der Waals surface area contributed by atoms with Crippen molar-refractivity contribution in [1.29, 1.82) is 0 Å². The third-order valence-corrected chi connectivity index (χ3v) is 5.30. The minimum atomic E-state index is 0.119. The summed E-state index contributed by atoms with van der Waals surface area (Å²) >= 11 is 0. The van der Waals surface area contributed by atoms with E-state index < -0.39 is 0 Å². The van der Waals surface area contributed by atoms with Crippen molar-refractivity contribution in [2.75, 3.05) is 19.7 Å². The number of nitrogens with zero attached hydrogens (tertiary/aromatic N) is 2. The van der Waals surface area contributed by atoms with E-state index in [0.29, 0.717) is 18.3 Å². The van der Waals surface area contributed by atoms with Crippen LogP contribution in [-0.4, -0.2) is 36.7 Å². The molecule has 1 saturated heterocycles. The van der Waals surface area contributed by atoms with Gasteiger partial charge < -0.3 is 20.1 Å². The molecule has 168 valence electrons. The number of aryl methyl sites for hydroxylation is 1. The molecular weight excluding hydrogens is 388 g/mol. The van der Waals surface area contributed by atoms with Gasteiger partial charge in [-0.05, 0) is 51.7 Å². The van der Waals surface area contributed by atoms with Crippen LogP contribution in [0.5, 0.6) is 5.88 Å². The van der Waals surface area contributed by atoms with Crippen molar-refractivity contribution in [3.05, 3.63) is 59.3 Å². The fraction of sp³-hybridized carbons (Fsp3) is 0.520. The van der Waals surface area contributed by atoms with Crippen LogP contribution in [0.2, 0.25) is 0 Å². The second-order valence-corrected chi connectivity index (χ2v) is 8.35. The first-order chi connectivity index (χ1) is 15.0. The molecular formula is C25H36N4O2. The van der Waals surface area contributed by atoms with Crippen molar-refractivity contribution < 1.29 is 9.47 Å². The van der Waals surface area contributed by atoms with Gasteiger partial charge in [-0.15, -0.1) is 0 Å². The van der Waals surface area contributed by atoms with Crippen molar-refractivity contribution >= 4 is 5.96 Å². The molecule has 6 heteroatoms. The smallest absolute Gasteiger partial charge is 0.213 e. The SMILES string of the molecule is CCNC(=NCc1ccc(OC(C)C)nc1)NCC1CCCOC1c1ccc(C)cc1. The Bertz CT molecular complexity index is 818. The van der Waals surface area contributed by atoms with E-state index in [9.17, 15) is 0 Å². The Morgan fingerprint density at radius 3 is 2.68 bits per heavy atom. The summed E-state index contributed by atoms with van der Waals surface area (Å²) in [7, 11) is 0. The molecule has 1 aliphatic rings. The Morgan fingerprint density at radius 1 is 1.19 bits per heavy atom. The summed E-state index contributed by atoms with van der Waals surface area (Å²) in [4.78, 5) is 9.10.